The lowest BCUT2D eigenvalue weighted by Gasteiger charge is -2.34. The molecule has 31 heavy (non-hydrogen) atoms. The van der Waals surface area contributed by atoms with Gasteiger partial charge in [0.2, 0.25) is 11.8 Å². The largest absolute Gasteiger partial charge is 0.497 e. The molecule has 2 aliphatic heterocycles. The predicted octanol–water partition coefficient (Wildman–Crippen LogP) is 2.44. The highest BCUT2D eigenvalue weighted by Crippen LogP contribution is 2.26. The van der Waals surface area contributed by atoms with Gasteiger partial charge in [0.05, 0.1) is 17.2 Å². The second-order valence-electron chi connectivity index (χ2n) is 7.65. The summed E-state index contributed by atoms with van der Waals surface area (Å²) in [7, 11) is 1.59. The first-order valence-corrected chi connectivity index (χ1v) is 10.6. The van der Waals surface area contributed by atoms with E-state index in [1.54, 1.807) is 24.1 Å². The van der Waals surface area contributed by atoms with E-state index in [0.717, 1.165) is 11.3 Å². The van der Waals surface area contributed by atoms with Crippen molar-refractivity contribution in [3.8, 4) is 5.75 Å². The molecule has 7 nitrogen and oxygen atoms in total. The summed E-state index contributed by atoms with van der Waals surface area (Å²) >= 11 is 11.9. The molecule has 9 heteroatoms. The zero-order chi connectivity index (χ0) is 22.1. The number of fused-ring (bicyclic) bond motifs is 1. The van der Waals surface area contributed by atoms with Gasteiger partial charge in [0, 0.05) is 24.6 Å². The molecule has 2 aliphatic rings. The summed E-state index contributed by atoms with van der Waals surface area (Å²) < 4.78 is 5.15. The van der Waals surface area contributed by atoms with Crippen molar-refractivity contribution in [2.75, 3.05) is 13.7 Å². The summed E-state index contributed by atoms with van der Waals surface area (Å²) in [6.07, 6.45) is 0.748. The molecule has 3 atom stereocenters. The number of halogens is 2. The average molecular weight is 462 g/mol. The Hall–Kier alpha value is -2.77. The van der Waals surface area contributed by atoms with Crippen LogP contribution < -0.4 is 15.4 Å². The van der Waals surface area contributed by atoms with Gasteiger partial charge in [-0.1, -0.05) is 35.3 Å². The molecular weight excluding hydrogens is 441 g/mol. The molecule has 2 saturated heterocycles. The Morgan fingerprint density at radius 2 is 1.90 bits per heavy atom. The van der Waals surface area contributed by atoms with Crippen LogP contribution in [0.15, 0.2) is 42.5 Å². The second kappa shape index (κ2) is 8.77. The van der Waals surface area contributed by atoms with E-state index in [0.29, 0.717) is 23.4 Å². The Morgan fingerprint density at radius 3 is 2.58 bits per heavy atom. The van der Waals surface area contributed by atoms with Crippen LogP contribution in [0.5, 0.6) is 5.75 Å². The van der Waals surface area contributed by atoms with Crippen LogP contribution in [0.1, 0.15) is 22.3 Å². The summed E-state index contributed by atoms with van der Waals surface area (Å²) in [6.45, 7) is 0.281. The van der Waals surface area contributed by atoms with Gasteiger partial charge in [0.1, 0.15) is 17.8 Å². The minimum atomic E-state index is -0.637. The van der Waals surface area contributed by atoms with Gasteiger partial charge >= 0.3 is 0 Å². The van der Waals surface area contributed by atoms with Crippen LogP contribution in [0.3, 0.4) is 0 Å². The Balaban J connectivity index is 1.41. The van der Waals surface area contributed by atoms with Gasteiger partial charge in [0.25, 0.3) is 5.91 Å². The molecule has 2 N–H and O–H groups in total. The molecule has 0 spiro atoms. The number of hydrogen-bond donors (Lipinski definition) is 2. The van der Waals surface area contributed by atoms with Crippen molar-refractivity contribution in [3.63, 3.8) is 0 Å². The third-order valence-electron chi connectivity index (χ3n) is 5.62. The minimum Gasteiger partial charge on any atom is -0.497 e. The average Bonchev–Trinajstić information content (AvgIpc) is 3.19. The number of piperazine rings is 1. The van der Waals surface area contributed by atoms with Crippen molar-refractivity contribution >= 4 is 40.9 Å². The number of rotatable bonds is 5. The Kier molecular flexibility index (Phi) is 6.07. The third kappa shape index (κ3) is 4.48. The van der Waals surface area contributed by atoms with Gasteiger partial charge in [-0.15, -0.1) is 0 Å². The molecule has 0 aromatic heterocycles. The Morgan fingerprint density at radius 1 is 1.16 bits per heavy atom. The third-order valence-corrected chi connectivity index (χ3v) is 6.36. The van der Waals surface area contributed by atoms with E-state index in [1.807, 2.05) is 24.3 Å². The standard InChI is InChI=1S/C22H21Cl2N3O4/c1-31-15-5-2-12(3-6-15)8-18-22(30)27-11-14(10-19(27)21(29)26-18)25-20(28)13-4-7-16(23)17(24)9-13/h2-7,9,14,18-19H,8,10-11H2,1H3,(H,25,28)(H,26,29)/t14-,18-,19-/m0/s1. The van der Waals surface area contributed by atoms with E-state index >= 15 is 0 Å². The molecule has 0 saturated carbocycles. The smallest absolute Gasteiger partial charge is 0.251 e. The summed E-state index contributed by atoms with van der Waals surface area (Å²) in [6, 6.07) is 10.4. The number of carbonyl (C=O) groups is 3. The first kappa shape index (κ1) is 21.5. The second-order valence-corrected chi connectivity index (χ2v) is 8.47. The Labute approximate surface area is 189 Å². The molecule has 2 aromatic carbocycles. The summed E-state index contributed by atoms with van der Waals surface area (Å²) in [5, 5.41) is 6.36. The molecule has 0 unspecified atom stereocenters. The molecule has 2 heterocycles. The number of nitrogens with zero attached hydrogens (tertiary/aromatic N) is 1. The van der Waals surface area contributed by atoms with Crippen molar-refractivity contribution in [2.45, 2.75) is 31.0 Å². The summed E-state index contributed by atoms with van der Waals surface area (Å²) in [5.41, 5.74) is 1.29. The van der Waals surface area contributed by atoms with E-state index in [2.05, 4.69) is 10.6 Å². The van der Waals surface area contributed by atoms with Crippen LogP contribution in [-0.4, -0.2) is 54.4 Å². The molecule has 0 bridgehead atoms. The molecule has 2 fully saturated rings. The molecule has 3 amide bonds. The summed E-state index contributed by atoms with van der Waals surface area (Å²) in [4.78, 5) is 39.8. The number of ether oxygens (including phenoxy) is 1. The maximum absolute atomic E-state index is 13.0. The van der Waals surface area contributed by atoms with Crippen LogP contribution in [0.2, 0.25) is 10.0 Å². The van der Waals surface area contributed by atoms with E-state index in [1.165, 1.54) is 6.07 Å². The van der Waals surface area contributed by atoms with E-state index in [-0.39, 0.29) is 35.3 Å². The topological polar surface area (TPSA) is 87.7 Å². The normalized spacial score (nSPS) is 22.7. The number of benzene rings is 2. The van der Waals surface area contributed by atoms with Gasteiger partial charge in [-0.3, -0.25) is 14.4 Å². The fourth-order valence-electron chi connectivity index (χ4n) is 4.00. The first-order valence-electron chi connectivity index (χ1n) is 9.85. The van der Waals surface area contributed by atoms with Gasteiger partial charge in [-0.05, 0) is 42.3 Å². The predicted molar refractivity (Wildman–Crippen MR) is 116 cm³/mol. The zero-order valence-corrected chi connectivity index (χ0v) is 18.2. The van der Waals surface area contributed by atoms with Crippen molar-refractivity contribution in [3.05, 3.63) is 63.6 Å². The maximum Gasteiger partial charge on any atom is 0.251 e. The van der Waals surface area contributed by atoms with Crippen LogP contribution in [0.4, 0.5) is 0 Å². The lowest BCUT2D eigenvalue weighted by molar-refractivity contribution is -0.147. The lowest BCUT2D eigenvalue weighted by atomic mass is 10.0. The van der Waals surface area contributed by atoms with Gasteiger partial charge in [0.15, 0.2) is 0 Å². The quantitative estimate of drug-likeness (QED) is 0.715. The zero-order valence-electron chi connectivity index (χ0n) is 16.7. The van der Waals surface area contributed by atoms with Crippen molar-refractivity contribution in [1.82, 2.24) is 15.5 Å². The van der Waals surface area contributed by atoms with E-state index < -0.39 is 12.1 Å². The number of hydrogen-bond acceptors (Lipinski definition) is 4. The minimum absolute atomic E-state index is 0.147. The fraction of sp³-hybridized carbons (Fsp3) is 0.318. The van der Waals surface area contributed by atoms with Gasteiger partial charge in [-0.2, -0.15) is 0 Å². The van der Waals surface area contributed by atoms with Crippen LogP contribution in [0, 0.1) is 0 Å². The van der Waals surface area contributed by atoms with Crippen LogP contribution >= 0.6 is 23.2 Å². The van der Waals surface area contributed by atoms with Crippen molar-refractivity contribution in [2.24, 2.45) is 0 Å². The molecule has 2 aromatic rings. The lowest BCUT2D eigenvalue weighted by Crippen LogP contribution is -2.61. The van der Waals surface area contributed by atoms with E-state index in [9.17, 15) is 14.4 Å². The highest BCUT2D eigenvalue weighted by atomic mass is 35.5. The monoisotopic (exact) mass is 461 g/mol. The fourth-order valence-corrected chi connectivity index (χ4v) is 4.30. The SMILES string of the molecule is COc1ccc(C[C@@H]2NC(=O)[C@@H]3C[C@H](NC(=O)c4ccc(Cl)c(Cl)c4)CN3C2=O)cc1. The van der Waals surface area contributed by atoms with Crippen LogP contribution in [0.25, 0.3) is 0 Å². The molecule has 4 rings (SSSR count). The first-order chi connectivity index (χ1) is 14.9. The molecule has 0 aliphatic carbocycles. The van der Waals surface area contributed by atoms with Crippen molar-refractivity contribution in [1.29, 1.82) is 0 Å². The number of amides is 3. The molecular formula is C22H21Cl2N3O4. The van der Waals surface area contributed by atoms with Crippen LogP contribution in [-0.2, 0) is 16.0 Å². The van der Waals surface area contributed by atoms with E-state index in [4.69, 9.17) is 27.9 Å². The number of nitrogens with one attached hydrogen (secondary N) is 2. The Bertz CT molecular complexity index is 1030. The summed E-state index contributed by atoms with van der Waals surface area (Å²) in [5.74, 6) is 0.0464. The van der Waals surface area contributed by atoms with Gasteiger partial charge in [-0.25, -0.2) is 0 Å². The number of carbonyl (C=O) groups excluding carboxylic acids is 3. The van der Waals surface area contributed by atoms with Gasteiger partial charge < -0.3 is 20.3 Å². The molecule has 162 valence electrons. The number of methoxy groups -OCH3 is 1. The maximum atomic E-state index is 13.0. The molecule has 0 radical (unpaired) electrons. The van der Waals surface area contributed by atoms with Crippen molar-refractivity contribution < 1.29 is 19.1 Å². The highest BCUT2D eigenvalue weighted by molar-refractivity contribution is 6.42. The highest BCUT2D eigenvalue weighted by Gasteiger charge is 2.46.